The van der Waals surface area contributed by atoms with Crippen molar-refractivity contribution in [2.24, 2.45) is 17.8 Å². The Morgan fingerprint density at radius 2 is 2.12 bits per heavy atom. The highest BCUT2D eigenvalue weighted by Gasteiger charge is 2.48. The number of aromatic nitrogens is 2. The Bertz CT molecular complexity index is 341. The van der Waals surface area contributed by atoms with Gasteiger partial charge in [0, 0.05) is 18.6 Å². The molecule has 0 aliphatic heterocycles. The molecule has 0 amide bonds. The zero-order chi connectivity index (χ0) is 11.0. The fourth-order valence-corrected chi connectivity index (χ4v) is 3.24. The Morgan fingerprint density at radius 3 is 2.75 bits per heavy atom. The number of rotatable bonds is 4. The van der Waals surface area contributed by atoms with Crippen molar-refractivity contribution < 1.29 is 0 Å². The van der Waals surface area contributed by atoms with E-state index in [0.717, 1.165) is 30.0 Å². The molecule has 0 saturated heterocycles. The molecule has 3 atom stereocenters. The van der Waals surface area contributed by atoms with E-state index < -0.39 is 0 Å². The molecule has 1 heterocycles. The molecular weight excluding hydrogens is 198 g/mol. The van der Waals surface area contributed by atoms with Gasteiger partial charge in [-0.1, -0.05) is 6.92 Å². The second-order valence-corrected chi connectivity index (χ2v) is 5.15. The molecule has 2 saturated carbocycles. The monoisotopic (exact) mass is 217 g/mol. The second-order valence-electron chi connectivity index (χ2n) is 5.15. The van der Waals surface area contributed by atoms with Crippen LogP contribution in [-0.4, -0.2) is 16.5 Å². The van der Waals surface area contributed by atoms with Gasteiger partial charge >= 0.3 is 0 Å². The lowest BCUT2D eigenvalue weighted by Gasteiger charge is -2.24. The summed E-state index contributed by atoms with van der Waals surface area (Å²) in [6.45, 7) is 3.17. The molecule has 3 unspecified atom stereocenters. The lowest BCUT2D eigenvalue weighted by Crippen LogP contribution is -2.28. The maximum atomic E-state index is 4.46. The van der Waals surface area contributed by atoms with E-state index in [1.165, 1.54) is 19.3 Å². The summed E-state index contributed by atoms with van der Waals surface area (Å²) in [6, 6.07) is 0.423. The topological polar surface area (TPSA) is 37.8 Å². The van der Waals surface area contributed by atoms with Gasteiger partial charge in [0.1, 0.15) is 0 Å². The minimum Gasteiger partial charge on any atom is -0.309 e. The number of nitrogens with zero attached hydrogens (tertiary/aromatic N) is 2. The van der Waals surface area contributed by atoms with Crippen LogP contribution in [0.3, 0.4) is 0 Å². The SMILES string of the molecule is CCNC(c1cnccn1)C1CC2CC2C1. The van der Waals surface area contributed by atoms with E-state index in [2.05, 4.69) is 22.2 Å². The van der Waals surface area contributed by atoms with Crippen LogP contribution in [0.15, 0.2) is 18.6 Å². The first-order valence-corrected chi connectivity index (χ1v) is 6.37. The van der Waals surface area contributed by atoms with Gasteiger partial charge < -0.3 is 5.32 Å². The molecule has 0 bridgehead atoms. The van der Waals surface area contributed by atoms with Crippen LogP contribution in [0, 0.1) is 17.8 Å². The summed E-state index contributed by atoms with van der Waals surface area (Å²) in [6.07, 6.45) is 9.72. The molecule has 2 aliphatic carbocycles. The largest absolute Gasteiger partial charge is 0.309 e. The van der Waals surface area contributed by atoms with Gasteiger partial charge in [0.2, 0.25) is 0 Å². The molecule has 86 valence electrons. The fourth-order valence-electron chi connectivity index (χ4n) is 3.24. The van der Waals surface area contributed by atoms with Crippen molar-refractivity contribution in [3.63, 3.8) is 0 Å². The van der Waals surface area contributed by atoms with Gasteiger partial charge in [-0.15, -0.1) is 0 Å². The first kappa shape index (κ1) is 10.2. The van der Waals surface area contributed by atoms with E-state index in [9.17, 15) is 0 Å². The second kappa shape index (κ2) is 4.13. The van der Waals surface area contributed by atoms with Crippen molar-refractivity contribution in [2.75, 3.05) is 6.54 Å². The summed E-state index contributed by atoms with van der Waals surface area (Å²) in [5, 5.41) is 3.58. The first-order chi connectivity index (χ1) is 7.88. The molecule has 3 rings (SSSR count). The molecule has 1 N–H and O–H groups in total. The van der Waals surface area contributed by atoms with Crippen LogP contribution in [-0.2, 0) is 0 Å². The zero-order valence-corrected chi connectivity index (χ0v) is 9.76. The van der Waals surface area contributed by atoms with Gasteiger partial charge in [-0.25, -0.2) is 0 Å². The van der Waals surface area contributed by atoms with E-state index >= 15 is 0 Å². The lowest BCUT2D eigenvalue weighted by molar-refractivity contribution is 0.340. The van der Waals surface area contributed by atoms with Crippen molar-refractivity contribution in [3.8, 4) is 0 Å². The maximum Gasteiger partial charge on any atom is 0.0758 e. The normalized spacial score (nSPS) is 33.4. The molecule has 3 heteroatoms. The van der Waals surface area contributed by atoms with Crippen LogP contribution < -0.4 is 5.32 Å². The predicted molar refractivity (Wildman–Crippen MR) is 62.8 cm³/mol. The summed E-state index contributed by atoms with van der Waals surface area (Å²) in [5.41, 5.74) is 1.12. The summed E-state index contributed by atoms with van der Waals surface area (Å²) in [4.78, 5) is 8.64. The Kier molecular flexibility index (Phi) is 2.64. The minimum atomic E-state index is 0.423. The van der Waals surface area contributed by atoms with E-state index in [0.29, 0.717) is 6.04 Å². The number of fused-ring (bicyclic) bond motifs is 1. The van der Waals surface area contributed by atoms with Crippen LogP contribution in [0.5, 0.6) is 0 Å². The van der Waals surface area contributed by atoms with Crippen LogP contribution in [0.25, 0.3) is 0 Å². The predicted octanol–water partition coefficient (Wildman–Crippen LogP) is 2.17. The molecule has 0 radical (unpaired) electrons. The third-order valence-corrected chi connectivity index (χ3v) is 4.08. The highest BCUT2D eigenvalue weighted by molar-refractivity contribution is 5.09. The highest BCUT2D eigenvalue weighted by atomic mass is 15.0. The van der Waals surface area contributed by atoms with Crippen LogP contribution in [0.4, 0.5) is 0 Å². The number of nitrogens with one attached hydrogen (secondary N) is 1. The average Bonchev–Trinajstić information content (AvgIpc) is 2.94. The Hall–Kier alpha value is -0.960. The average molecular weight is 217 g/mol. The molecule has 16 heavy (non-hydrogen) atoms. The van der Waals surface area contributed by atoms with Crippen LogP contribution in [0.1, 0.15) is 37.9 Å². The van der Waals surface area contributed by atoms with Crippen molar-refractivity contribution >= 4 is 0 Å². The Morgan fingerprint density at radius 1 is 1.31 bits per heavy atom. The van der Waals surface area contributed by atoms with Crippen LogP contribution >= 0.6 is 0 Å². The molecule has 2 aliphatic rings. The zero-order valence-electron chi connectivity index (χ0n) is 9.76. The lowest BCUT2D eigenvalue weighted by atomic mass is 9.92. The summed E-state index contributed by atoms with van der Waals surface area (Å²) < 4.78 is 0. The highest BCUT2D eigenvalue weighted by Crippen LogP contribution is 2.56. The summed E-state index contributed by atoms with van der Waals surface area (Å²) in [7, 11) is 0. The Balaban J connectivity index is 1.75. The number of hydrogen-bond acceptors (Lipinski definition) is 3. The van der Waals surface area contributed by atoms with Gasteiger partial charge in [0.15, 0.2) is 0 Å². The van der Waals surface area contributed by atoms with Crippen molar-refractivity contribution in [3.05, 3.63) is 24.3 Å². The first-order valence-electron chi connectivity index (χ1n) is 6.37. The van der Waals surface area contributed by atoms with E-state index in [1.54, 1.807) is 12.4 Å². The number of hydrogen-bond donors (Lipinski definition) is 1. The smallest absolute Gasteiger partial charge is 0.0758 e. The Labute approximate surface area is 96.7 Å². The minimum absolute atomic E-state index is 0.423. The van der Waals surface area contributed by atoms with Crippen molar-refractivity contribution in [2.45, 2.75) is 32.2 Å². The maximum absolute atomic E-state index is 4.46. The van der Waals surface area contributed by atoms with E-state index in [4.69, 9.17) is 0 Å². The van der Waals surface area contributed by atoms with E-state index in [1.807, 2.05) is 6.20 Å². The van der Waals surface area contributed by atoms with Gasteiger partial charge in [0.25, 0.3) is 0 Å². The van der Waals surface area contributed by atoms with Crippen molar-refractivity contribution in [1.82, 2.24) is 15.3 Å². The summed E-state index contributed by atoms with van der Waals surface area (Å²) >= 11 is 0. The molecule has 0 aromatic carbocycles. The third-order valence-electron chi connectivity index (χ3n) is 4.08. The molecule has 0 spiro atoms. The van der Waals surface area contributed by atoms with Gasteiger partial charge in [-0.3, -0.25) is 9.97 Å². The quantitative estimate of drug-likeness (QED) is 0.840. The van der Waals surface area contributed by atoms with Gasteiger partial charge in [-0.2, -0.15) is 0 Å². The molecule has 1 aromatic rings. The molecule has 2 fully saturated rings. The van der Waals surface area contributed by atoms with E-state index in [-0.39, 0.29) is 0 Å². The summed E-state index contributed by atoms with van der Waals surface area (Å²) in [5.74, 6) is 2.84. The van der Waals surface area contributed by atoms with Crippen molar-refractivity contribution in [1.29, 1.82) is 0 Å². The third kappa shape index (κ3) is 1.84. The standard InChI is InChI=1S/C13H19N3/c1-2-15-13(12-8-14-3-4-16-12)11-6-9-5-10(9)7-11/h3-4,8-11,13,15H,2,5-7H2,1H3. The molecular formula is C13H19N3. The van der Waals surface area contributed by atoms with Crippen LogP contribution in [0.2, 0.25) is 0 Å². The molecule has 1 aromatic heterocycles. The molecule has 3 nitrogen and oxygen atoms in total. The fraction of sp³-hybridized carbons (Fsp3) is 0.692. The van der Waals surface area contributed by atoms with Gasteiger partial charge in [-0.05, 0) is 43.6 Å². The van der Waals surface area contributed by atoms with Gasteiger partial charge in [0.05, 0.1) is 11.7 Å².